The average Bonchev–Trinajstić information content (AvgIpc) is 2.56. The van der Waals surface area contributed by atoms with E-state index >= 15 is 0 Å². The molecule has 2 rings (SSSR count). The van der Waals surface area contributed by atoms with Crippen LogP contribution < -0.4 is 0 Å². The van der Waals surface area contributed by atoms with E-state index in [1.807, 2.05) is 43.7 Å². The molecule has 0 spiro atoms. The van der Waals surface area contributed by atoms with E-state index in [4.69, 9.17) is 0 Å². The first kappa shape index (κ1) is 7.10. The van der Waals surface area contributed by atoms with Gasteiger partial charge in [0.2, 0.25) is 0 Å². The molecule has 0 aromatic carbocycles. The van der Waals surface area contributed by atoms with Crippen LogP contribution in [-0.4, -0.2) is 9.55 Å². The Morgan fingerprint density at radius 1 is 1.25 bits per heavy atom. The fraction of sp³-hybridized carbons (Fsp3) is 0.100. The Morgan fingerprint density at radius 2 is 2.00 bits per heavy atom. The number of aromatic nitrogens is 2. The highest BCUT2D eigenvalue weighted by atomic mass is 14.9. The molecule has 2 aromatic rings. The van der Waals surface area contributed by atoms with Crippen LogP contribution in [0.2, 0.25) is 0 Å². The number of rotatable bonds is 1. The summed E-state index contributed by atoms with van der Waals surface area (Å²) in [6.07, 6.45) is 5.87. The molecular weight excluding hydrogens is 148 g/mol. The lowest BCUT2D eigenvalue weighted by molar-refractivity contribution is 1.05. The van der Waals surface area contributed by atoms with Crippen LogP contribution in [0.15, 0.2) is 42.9 Å². The van der Waals surface area contributed by atoms with Crippen molar-refractivity contribution in [1.29, 1.82) is 0 Å². The Kier molecular flexibility index (Phi) is 1.67. The van der Waals surface area contributed by atoms with Gasteiger partial charge in [-0.2, -0.15) is 0 Å². The zero-order valence-corrected chi connectivity index (χ0v) is 6.94. The molecule has 0 radical (unpaired) electrons. The first-order valence-corrected chi connectivity index (χ1v) is 3.92. The topological polar surface area (TPSA) is 17.8 Å². The number of pyridine rings is 1. The summed E-state index contributed by atoms with van der Waals surface area (Å²) in [6, 6.07) is 8.07. The van der Waals surface area contributed by atoms with Crippen LogP contribution in [0.4, 0.5) is 0 Å². The molecule has 0 atom stereocenters. The zero-order chi connectivity index (χ0) is 8.39. The molecule has 0 aliphatic rings. The molecule has 60 valence electrons. The lowest BCUT2D eigenvalue weighted by Crippen LogP contribution is -1.90. The third-order valence-electron chi connectivity index (χ3n) is 1.78. The van der Waals surface area contributed by atoms with Crippen LogP contribution in [0, 0.1) is 6.92 Å². The SMILES string of the molecule is Cc1cc(-n2cccc2)ccn1. The summed E-state index contributed by atoms with van der Waals surface area (Å²) in [6.45, 7) is 1.99. The maximum Gasteiger partial charge on any atom is 0.0482 e. The van der Waals surface area contributed by atoms with Crippen molar-refractivity contribution in [2.45, 2.75) is 6.92 Å². The van der Waals surface area contributed by atoms with Gasteiger partial charge in [-0.15, -0.1) is 0 Å². The summed E-state index contributed by atoms with van der Waals surface area (Å²) in [7, 11) is 0. The van der Waals surface area contributed by atoms with E-state index in [1.54, 1.807) is 0 Å². The lowest BCUT2D eigenvalue weighted by atomic mass is 10.3. The van der Waals surface area contributed by atoms with E-state index in [2.05, 4.69) is 15.6 Å². The quantitative estimate of drug-likeness (QED) is 0.622. The van der Waals surface area contributed by atoms with Gasteiger partial charge in [-0.25, -0.2) is 0 Å². The summed E-state index contributed by atoms with van der Waals surface area (Å²) in [5, 5.41) is 0. The molecule has 2 heteroatoms. The Morgan fingerprint density at radius 3 is 2.67 bits per heavy atom. The molecule has 12 heavy (non-hydrogen) atoms. The van der Waals surface area contributed by atoms with E-state index in [1.165, 1.54) is 0 Å². The number of hydrogen-bond acceptors (Lipinski definition) is 1. The molecule has 0 aliphatic carbocycles. The summed E-state index contributed by atoms with van der Waals surface area (Å²) in [5.74, 6) is 0. The maximum absolute atomic E-state index is 4.14. The average molecular weight is 158 g/mol. The monoisotopic (exact) mass is 158 g/mol. The minimum Gasteiger partial charge on any atom is -0.324 e. The van der Waals surface area contributed by atoms with Gasteiger partial charge in [-0.1, -0.05) is 0 Å². The minimum atomic E-state index is 1.04. The highest BCUT2D eigenvalue weighted by molar-refractivity contribution is 5.32. The van der Waals surface area contributed by atoms with Gasteiger partial charge in [-0.05, 0) is 31.2 Å². The first-order chi connectivity index (χ1) is 5.86. The molecule has 0 saturated heterocycles. The van der Waals surface area contributed by atoms with Crippen LogP contribution in [-0.2, 0) is 0 Å². The smallest absolute Gasteiger partial charge is 0.0482 e. The molecule has 2 aromatic heterocycles. The molecular formula is C10H10N2. The van der Waals surface area contributed by atoms with Gasteiger partial charge in [0.05, 0.1) is 0 Å². The number of aryl methyl sites for hydroxylation is 1. The Balaban J connectivity index is 2.48. The van der Waals surface area contributed by atoms with E-state index in [0.717, 1.165) is 11.4 Å². The van der Waals surface area contributed by atoms with Crippen molar-refractivity contribution in [2.75, 3.05) is 0 Å². The van der Waals surface area contributed by atoms with Crippen LogP contribution in [0.5, 0.6) is 0 Å². The molecule has 0 fully saturated rings. The molecule has 0 bridgehead atoms. The summed E-state index contributed by atoms with van der Waals surface area (Å²) in [5.41, 5.74) is 2.20. The summed E-state index contributed by atoms with van der Waals surface area (Å²) >= 11 is 0. The molecule has 2 heterocycles. The second-order valence-electron chi connectivity index (χ2n) is 2.75. The second kappa shape index (κ2) is 2.81. The van der Waals surface area contributed by atoms with Gasteiger partial charge in [0.15, 0.2) is 0 Å². The fourth-order valence-electron chi connectivity index (χ4n) is 1.20. The van der Waals surface area contributed by atoms with Crippen LogP contribution >= 0.6 is 0 Å². The van der Waals surface area contributed by atoms with Gasteiger partial charge in [0.25, 0.3) is 0 Å². The van der Waals surface area contributed by atoms with E-state index in [-0.39, 0.29) is 0 Å². The molecule has 0 N–H and O–H groups in total. The zero-order valence-electron chi connectivity index (χ0n) is 6.94. The molecule has 2 nitrogen and oxygen atoms in total. The van der Waals surface area contributed by atoms with Crippen molar-refractivity contribution in [1.82, 2.24) is 9.55 Å². The predicted octanol–water partition coefficient (Wildman–Crippen LogP) is 2.18. The van der Waals surface area contributed by atoms with E-state index in [9.17, 15) is 0 Å². The Labute approximate surface area is 71.5 Å². The summed E-state index contributed by atoms with van der Waals surface area (Å²) < 4.78 is 2.06. The van der Waals surface area contributed by atoms with Gasteiger partial charge in [-0.3, -0.25) is 4.98 Å². The summed E-state index contributed by atoms with van der Waals surface area (Å²) in [4.78, 5) is 4.14. The second-order valence-corrected chi connectivity index (χ2v) is 2.75. The van der Waals surface area contributed by atoms with E-state index in [0.29, 0.717) is 0 Å². The standard InChI is InChI=1S/C10H10N2/c1-9-8-10(4-5-11-9)12-6-2-3-7-12/h2-8H,1H3. The van der Waals surface area contributed by atoms with Crippen molar-refractivity contribution in [3.05, 3.63) is 48.5 Å². The van der Waals surface area contributed by atoms with Gasteiger partial charge in [0, 0.05) is 30.0 Å². The minimum absolute atomic E-state index is 1.04. The molecule has 0 saturated carbocycles. The largest absolute Gasteiger partial charge is 0.324 e. The lowest BCUT2D eigenvalue weighted by Gasteiger charge is -2.01. The third-order valence-corrected chi connectivity index (χ3v) is 1.78. The van der Waals surface area contributed by atoms with Crippen molar-refractivity contribution >= 4 is 0 Å². The first-order valence-electron chi connectivity index (χ1n) is 3.92. The van der Waals surface area contributed by atoms with E-state index < -0.39 is 0 Å². The van der Waals surface area contributed by atoms with Crippen LogP contribution in [0.3, 0.4) is 0 Å². The van der Waals surface area contributed by atoms with Gasteiger partial charge in [0.1, 0.15) is 0 Å². The number of nitrogens with zero attached hydrogens (tertiary/aromatic N) is 2. The van der Waals surface area contributed by atoms with Crippen LogP contribution in [0.1, 0.15) is 5.69 Å². The predicted molar refractivity (Wildman–Crippen MR) is 48.3 cm³/mol. The van der Waals surface area contributed by atoms with Gasteiger partial charge < -0.3 is 4.57 Å². The molecule has 0 aliphatic heterocycles. The fourth-order valence-corrected chi connectivity index (χ4v) is 1.20. The van der Waals surface area contributed by atoms with Crippen molar-refractivity contribution in [3.8, 4) is 5.69 Å². The van der Waals surface area contributed by atoms with Crippen molar-refractivity contribution in [2.24, 2.45) is 0 Å². The number of hydrogen-bond donors (Lipinski definition) is 0. The van der Waals surface area contributed by atoms with Crippen molar-refractivity contribution in [3.63, 3.8) is 0 Å². The molecule has 0 amide bonds. The Bertz CT molecular complexity index is 363. The van der Waals surface area contributed by atoms with Crippen molar-refractivity contribution < 1.29 is 0 Å². The highest BCUT2D eigenvalue weighted by Gasteiger charge is 1.93. The van der Waals surface area contributed by atoms with Gasteiger partial charge >= 0.3 is 0 Å². The normalized spacial score (nSPS) is 10.1. The van der Waals surface area contributed by atoms with Crippen LogP contribution in [0.25, 0.3) is 5.69 Å². The molecule has 0 unspecified atom stereocenters. The maximum atomic E-state index is 4.14. The Hall–Kier alpha value is -1.57. The third kappa shape index (κ3) is 1.23. The highest BCUT2D eigenvalue weighted by Crippen LogP contribution is 2.07.